The van der Waals surface area contributed by atoms with Crippen molar-refractivity contribution in [3.8, 4) is 0 Å². The fourth-order valence-electron chi connectivity index (χ4n) is 2.99. The van der Waals surface area contributed by atoms with E-state index in [4.69, 9.17) is 0 Å². The van der Waals surface area contributed by atoms with E-state index in [2.05, 4.69) is 63.7 Å². The number of carbonyl (C=O) groups excluding carboxylic acids is 2. The Hall–Kier alpha value is -1.08. The van der Waals surface area contributed by atoms with Crippen molar-refractivity contribution in [2.75, 3.05) is 0 Å². The van der Waals surface area contributed by atoms with Gasteiger partial charge < -0.3 is 0 Å². The Bertz CT molecular complexity index is 908. The Labute approximate surface area is 210 Å². The lowest BCUT2D eigenvalue weighted by Gasteiger charge is -2.19. The van der Waals surface area contributed by atoms with E-state index in [1.165, 1.54) is 0 Å². The zero-order valence-corrected chi connectivity index (χ0v) is 22.1. The lowest BCUT2D eigenvalue weighted by Crippen LogP contribution is -2.20. The molecule has 4 atom stereocenters. The Morgan fingerprint density at radius 2 is 0.800 bits per heavy atom. The number of benzene rings is 3. The maximum Gasteiger partial charge on any atom is 0.177 e. The summed E-state index contributed by atoms with van der Waals surface area (Å²) >= 11 is 14.4. The van der Waals surface area contributed by atoms with Gasteiger partial charge in [0.15, 0.2) is 11.6 Å². The summed E-state index contributed by atoms with van der Waals surface area (Å²) in [6.07, 6.45) is 0. The van der Waals surface area contributed by atoms with Crippen LogP contribution >= 0.6 is 63.7 Å². The number of rotatable bonds is 8. The molecular weight excluding hydrogens is 640 g/mol. The molecule has 0 amide bonds. The van der Waals surface area contributed by atoms with Crippen LogP contribution in [0.2, 0.25) is 0 Å². The van der Waals surface area contributed by atoms with Crippen LogP contribution in [0, 0.1) is 0 Å². The Morgan fingerprint density at radius 1 is 0.500 bits per heavy atom. The molecule has 0 radical (unpaired) electrons. The number of hydrogen-bond acceptors (Lipinski definition) is 2. The quantitative estimate of drug-likeness (QED) is 0.183. The van der Waals surface area contributed by atoms with Gasteiger partial charge in [-0.1, -0.05) is 149 Å². The standard InChI is InChI=1S/C24H18Br4O2/c25-19(21(27)23(29)17-7-3-1-4-8-17)15-11-13-16(14-12-15)20(26)22(28)24(30)18-9-5-2-6-10-18/h1-14,19-22H. The third kappa shape index (κ3) is 5.58. The summed E-state index contributed by atoms with van der Waals surface area (Å²) in [5.74, 6) is 0.0443. The maximum atomic E-state index is 12.7. The van der Waals surface area contributed by atoms with Crippen LogP contribution < -0.4 is 0 Å². The molecule has 0 heterocycles. The molecule has 0 N–H and O–H groups in total. The van der Waals surface area contributed by atoms with Crippen molar-refractivity contribution in [2.45, 2.75) is 19.3 Å². The van der Waals surface area contributed by atoms with Crippen LogP contribution in [0.1, 0.15) is 41.5 Å². The molecule has 0 bridgehead atoms. The largest absolute Gasteiger partial charge is 0.293 e. The van der Waals surface area contributed by atoms with Gasteiger partial charge in [-0.2, -0.15) is 0 Å². The van der Waals surface area contributed by atoms with Crippen molar-refractivity contribution in [1.82, 2.24) is 0 Å². The highest BCUT2D eigenvalue weighted by molar-refractivity contribution is 9.12. The lowest BCUT2D eigenvalue weighted by atomic mass is 9.99. The number of Topliss-reactive ketones (excluding diaryl/α,β-unsaturated/α-hetero) is 2. The molecule has 0 aliphatic rings. The Morgan fingerprint density at radius 3 is 1.10 bits per heavy atom. The average molecular weight is 658 g/mol. The minimum atomic E-state index is -0.394. The summed E-state index contributed by atoms with van der Waals surface area (Å²) in [5, 5.41) is 0. The van der Waals surface area contributed by atoms with Gasteiger partial charge in [-0.05, 0) is 11.1 Å². The summed E-state index contributed by atoms with van der Waals surface area (Å²) in [5.41, 5.74) is 3.29. The second-order valence-corrected chi connectivity index (χ2v) is 10.7. The van der Waals surface area contributed by atoms with Crippen molar-refractivity contribution in [3.05, 3.63) is 107 Å². The van der Waals surface area contributed by atoms with E-state index in [1.807, 2.05) is 84.9 Å². The maximum absolute atomic E-state index is 12.7. The minimum Gasteiger partial charge on any atom is -0.293 e. The predicted octanol–water partition coefficient (Wildman–Crippen LogP) is 7.85. The second kappa shape index (κ2) is 11.0. The molecule has 0 spiro atoms. The third-order valence-corrected chi connectivity index (χ3v) is 10.1. The first kappa shape index (κ1) is 23.6. The van der Waals surface area contributed by atoms with E-state index < -0.39 is 9.65 Å². The predicted molar refractivity (Wildman–Crippen MR) is 137 cm³/mol. The van der Waals surface area contributed by atoms with Gasteiger partial charge in [-0.15, -0.1) is 0 Å². The smallest absolute Gasteiger partial charge is 0.177 e. The van der Waals surface area contributed by atoms with Crippen LogP contribution in [0.3, 0.4) is 0 Å². The monoisotopic (exact) mass is 654 g/mol. The zero-order chi connectivity index (χ0) is 21.7. The van der Waals surface area contributed by atoms with Gasteiger partial charge in [-0.25, -0.2) is 0 Å². The highest BCUT2D eigenvalue weighted by atomic mass is 79.9. The van der Waals surface area contributed by atoms with Gasteiger partial charge in [0.2, 0.25) is 0 Å². The van der Waals surface area contributed by atoms with Gasteiger partial charge in [0.1, 0.15) is 0 Å². The second-order valence-electron chi connectivity index (χ2n) is 6.73. The molecule has 30 heavy (non-hydrogen) atoms. The van der Waals surface area contributed by atoms with Gasteiger partial charge in [0.05, 0.1) is 19.3 Å². The fraction of sp³-hybridized carbons (Fsp3) is 0.167. The summed E-state index contributed by atoms with van der Waals surface area (Å²) in [6, 6.07) is 26.4. The van der Waals surface area contributed by atoms with Crippen molar-refractivity contribution >= 4 is 75.3 Å². The molecule has 0 aliphatic heterocycles. The highest BCUT2D eigenvalue weighted by Crippen LogP contribution is 2.37. The van der Waals surface area contributed by atoms with E-state index in [0.717, 1.165) is 11.1 Å². The summed E-state index contributed by atoms with van der Waals surface area (Å²) in [7, 11) is 0. The van der Waals surface area contributed by atoms with Crippen LogP contribution in [-0.4, -0.2) is 21.2 Å². The topological polar surface area (TPSA) is 34.1 Å². The number of ketones is 2. The SMILES string of the molecule is O=C(c1ccccc1)C(Br)C(Br)c1ccc(C(Br)C(Br)C(=O)c2ccccc2)cc1. The Kier molecular flexibility index (Phi) is 8.63. The molecule has 0 fully saturated rings. The molecule has 4 unspecified atom stereocenters. The van der Waals surface area contributed by atoms with Crippen LogP contribution in [-0.2, 0) is 0 Å². The van der Waals surface area contributed by atoms with Crippen LogP contribution in [0.4, 0.5) is 0 Å². The van der Waals surface area contributed by atoms with Gasteiger partial charge in [0.25, 0.3) is 0 Å². The van der Waals surface area contributed by atoms with Crippen molar-refractivity contribution in [3.63, 3.8) is 0 Å². The van der Waals surface area contributed by atoms with Crippen LogP contribution in [0.5, 0.6) is 0 Å². The van der Waals surface area contributed by atoms with E-state index >= 15 is 0 Å². The number of alkyl halides is 4. The van der Waals surface area contributed by atoms with Crippen LogP contribution in [0.25, 0.3) is 0 Å². The van der Waals surface area contributed by atoms with E-state index in [1.54, 1.807) is 0 Å². The number of halogens is 4. The fourth-order valence-corrected chi connectivity index (χ4v) is 5.22. The van der Waals surface area contributed by atoms with E-state index in [9.17, 15) is 9.59 Å². The molecule has 3 aromatic rings. The molecule has 0 aliphatic carbocycles. The summed E-state index contributed by atoms with van der Waals surface area (Å²) < 4.78 is 0. The lowest BCUT2D eigenvalue weighted by molar-refractivity contribution is 0.0983. The summed E-state index contributed by atoms with van der Waals surface area (Å²) in [4.78, 5) is 24.3. The molecule has 0 saturated carbocycles. The van der Waals surface area contributed by atoms with Gasteiger partial charge in [0, 0.05) is 11.1 Å². The number of carbonyl (C=O) groups is 2. The van der Waals surface area contributed by atoms with Crippen molar-refractivity contribution < 1.29 is 9.59 Å². The molecule has 3 rings (SSSR count). The third-order valence-electron chi connectivity index (χ3n) is 4.70. The Balaban J connectivity index is 1.70. The average Bonchev–Trinajstić information content (AvgIpc) is 2.82. The zero-order valence-electron chi connectivity index (χ0n) is 15.7. The molecule has 3 aromatic carbocycles. The first-order valence-corrected chi connectivity index (χ1v) is 12.9. The molecule has 154 valence electrons. The van der Waals surface area contributed by atoms with E-state index in [0.29, 0.717) is 11.1 Å². The highest BCUT2D eigenvalue weighted by Gasteiger charge is 2.28. The first-order chi connectivity index (χ1) is 14.4. The minimum absolute atomic E-state index is 0.0221. The molecular formula is C24H18Br4O2. The molecule has 6 heteroatoms. The van der Waals surface area contributed by atoms with Gasteiger partial charge >= 0.3 is 0 Å². The normalized spacial score (nSPS) is 15.1. The summed E-state index contributed by atoms with van der Waals surface area (Å²) in [6.45, 7) is 0. The van der Waals surface area contributed by atoms with Crippen LogP contribution in [0.15, 0.2) is 84.9 Å². The molecule has 0 aromatic heterocycles. The molecule has 0 saturated heterocycles. The van der Waals surface area contributed by atoms with E-state index in [-0.39, 0.29) is 21.2 Å². The van der Waals surface area contributed by atoms with Crippen molar-refractivity contribution in [2.24, 2.45) is 0 Å². The first-order valence-electron chi connectivity index (χ1n) is 9.25. The molecule has 2 nitrogen and oxygen atoms in total. The number of hydrogen-bond donors (Lipinski definition) is 0. The van der Waals surface area contributed by atoms with Crippen molar-refractivity contribution in [1.29, 1.82) is 0 Å². The van der Waals surface area contributed by atoms with Gasteiger partial charge in [-0.3, -0.25) is 9.59 Å².